The van der Waals surface area contributed by atoms with Gasteiger partial charge in [0.1, 0.15) is 5.76 Å². The second-order valence-electron chi connectivity index (χ2n) is 8.80. The van der Waals surface area contributed by atoms with E-state index in [-0.39, 0.29) is 29.4 Å². The van der Waals surface area contributed by atoms with Crippen LogP contribution in [-0.4, -0.2) is 11.7 Å². The number of allylic oxidation sites excluding steroid dienone is 2. The van der Waals surface area contributed by atoms with E-state index >= 15 is 0 Å². The van der Waals surface area contributed by atoms with Gasteiger partial charge < -0.3 is 4.42 Å². The van der Waals surface area contributed by atoms with E-state index in [0.29, 0.717) is 18.6 Å². The molecule has 2 aromatic carbocycles. The van der Waals surface area contributed by atoms with E-state index in [1.807, 2.05) is 54.6 Å². The summed E-state index contributed by atoms with van der Waals surface area (Å²) in [6.45, 7) is 4.19. The Balaban J connectivity index is 1.75. The summed E-state index contributed by atoms with van der Waals surface area (Å²) < 4.78 is 5.62. The van der Waals surface area contributed by atoms with Crippen molar-refractivity contribution >= 4 is 28.2 Å². The summed E-state index contributed by atoms with van der Waals surface area (Å²) in [7, 11) is 0. The highest BCUT2D eigenvalue weighted by Crippen LogP contribution is 2.49. The van der Waals surface area contributed by atoms with Crippen molar-refractivity contribution < 1.29 is 14.0 Å². The summed E-state index contributed by atoms with van der Waals surface area (Å²) in [5, 5.41) is 2.09. The number of benzene rings is 2. The van der Waals surface area contributed by atoms with Gasteiger partial charge in [0.15, 0.2) is 5.78 Å². The van der Waals surface area contributed by atoms with E-state index < -0.39 is 0 Å². The second-order valence-corrected chi connectivity index (χ2v) is 8.80. The predicted octanol–water partition coefficient (Wildman–Crippen LogP) is 5.60. The molecule has 1 unspecified atom stereocenters. The Morgan fingerprint density at radius 3 is 2.55 bits per heavy atom. The van der Waals surface area contributed by atoms with Crippen molar-refractivity contribution in [1.82, 2.24) is 0 Å². The number of ketones is 1. The van der Waals surface area contributed by atoms with Crippen molar-refractivity contribution in [2.24, 2.45) is 5.41 Å². The van der Waals surface area contributed by atoms with Gasteiger partial charge in [0.2, 0.25) is 5.91 Å². The summed E-state index contributed by atoms with van der Waals surface area (Å²) in [5.74, 6) is 0.515. The van der Waals surface area contributed by atoms with Gasteiger partial charge >= 0.3 is 0 Å². The molecule has 1 amide bonds. The number of fused-ring (bicyclic) bond motifs is 1. The fraction of sp³-hybridized carbons (Fsp3) is 0.280. The molecule has 0 fully saturated rings. The van der Waals surface area contributed by atoms with Crippen LogP contribution < -0.4 is 4.90 Å². The molecule has 0 bridgehead atoms. The summed E-state index contributed by atoms with van der Waals surface area (Å²) >= 11 is 0. The van der Waals surface area contributed by atoms with Crippen LogP contribution in [0.4, 0.5) is 5.69 Å². The van der Waals surface area contributed by atoms with E-state index in [2.05, 4.69) is 13.8 Å². The lowest BCUT2D eigenvalue weighted by Crippen LogP contribution is -2.43. The number of hydrogen-bond acceptors (Lipinski definition) is 3. The number of furan rings is 1. The molecule has 4 nitrogen and oxygen atoms in total. The number of anilines is 1. The van der Waals surface area contributed by atoms with Crippen LogP contribution in [0.15, 0.2) is 76.5 Å². The normalized spacial score (nSPS) is 21.6. The van der Waals surface area contributed by atoms with Gasteiger partial charge in [0.25, 0.3) is 0 Å². The van der Waals surface area contributed by atoms with Crippen LogP contribution in [0.3, 0.4) is 0 Å². The molecule has 1 aromatic heterocycles. The third-order valence-corrected chi connectivity index (χ3v) is 6.04. The van der Waals surface area contributed by atoms with Crippen LogP contribution in [0.5, 0.6) is 0 Å². The van der Waals surface area contributed by atoms with Crippen molar-refractivity contribution in [3.63, 3.8) is 0 Å². The smallest absolute Gasteiger partial charge is 0.232 e. The van der Waals surface area contributed by atoms with Gasteiger partial charge in [0.05, 0.1) is 17.9 Å². The fourth-order valence-corrected chi connectivity index (χ4v) is 4.83. The SMILES string of the molecule is CC1(C)CC(=O)C2=C(C1)N(c1cccc3ccccc13)C(=O)CC2c1ccco1. The average molecular weight is 385 g/mol. The van der Waals surface area contributed by atoms with E-state index in [1.54, 1.807) is 11.2 Å². The highest BCUT2D eigenvalue weighted by Gasteiger charge is 2.45. The summed E-state index contributed by atoms with van der Waals surface area (Å²) in [6.07, 6.45) is 3.01. The summed E-state index contributed by atoms with van der Waals surface area (Å²) in [5.41, 5.74) is 2.24. The maximum absolute atomic E-state index is 13.5. The lowest BCUT2D eigenvalue weighted by molar-refractivity contribution is -0.121. The first-order valence-corrected chi connectivity index (χ1v) is 10.0. The standard InChI is InChI=1S/C25H23NO3/c1-25(2)14-20-24(21(27)15-25)18(22-11-6-12-29-22)13-23(28)26(20)19-10-5-8-16-7-3-4-9-17(16)19/h3-12,18H,13-15H2,1-2H3. The minimum Gasteiger partial charge on any atom is -0.469 e. The minimum absolute atomic E-state index is 0.00648. The largest absolute Gasteiger partial charge is 0.469 e. The lowest BCUT2D eigenvalue weighted by Gasteiger charge is -2.42. The number of carbonyl (C=O) groups excluding carboxylic acids is 2. The predicted molar refractivity (Wildman–Crippen MR) is 113 cm³/mol. The number of amides is 1. The topological polar surface area (TPSA) is 50.5 Å². The van der Waals surface area contributed by atoms with Crippen molar-refractivity contribution in [3.8, 4) is 0 Å². The maximum Gasteiger partial charge on any atom is 0.232 e. The molecule has 1 aliphatic heterocycles. The zero-order valence-electron chi connectivity index (χ0n) is 16.6. The van der Waals surface area contributed by atoms with Crippen LogP contribution in [0.25, 0.3) is 10.8 Å². The molecule has 29 heavy (non-hydrogen) atoms. The molecule has 0 N–H and O–H groups in total. The van der Waals surface area contributed by atoms with Crippen LogP contribution in [0, 0.1) is 5.41 Å². The third kappa shape index (κ3) is 2.91. The first-order chi connectivity index (χ1) is 13.9. The first kappa shape index (κ1) is 17.9. The number of hydrogen-bond donors (Lipinski definition) is 0. The number of Topliss-reactive ketones (excluding diaryl/α,β-unsaturated/α-hetero) is 1. The van der Waals surface area contributed by atoms with Gasteiger partial charge in [-0.2, -0.15) is 0 Å². The van der Waals surface area contributed by atoms with E-state index in [9.17, 15) is 9.59 Å². The summed E-state index contributed by atoms with van der Waals surface area (Å²) in [4.78, 5) is 28.5. The molecular weight excluding hydrogens is 362 g/mol. The molecule has 1 atom stereocenters. The zero-order chi connectivity index (χ0) is 20.2. The molecule has 0 saturated carbocycles. The molecule has 4 heteroatoms. The maximum atomic E-state index is 13.5. The van der Waals surface area contributed by atoms with Gasteiger partial charge in [-0.3, -0.25) is 14.5 Å². The zero-order valence-corrected chi connectivity index (χ0v) is 16.6. The van der Waals surface area contributed by atoms with E-state index in [1.165, 1.54) is 0 Å². The fourth-order valence-electron chi connectivity index (χ4n) is 4.83. The Hall–Kier alpha value is -3.14. The first-order valence-electron chi connectivity index (χ1n) is 10.0. The van der Waals surface area contributed by atoms with Crippen LogP contribution in [0.1, 0.15) is 44.8 Å². The quantitative estimate of drug-likeness (QED) is 0.577. The molecule has 1 aliphatic carbocycles. The van der Waals surface area contributed by atoms with Crippen LogP contribution in [0.2, 0.25) is 0 Å². The Morgan fingerprint density at radius 1 is 0.966 bits per heavy atom. The highest BCUT2D eigenvalue weighted by atomic mass is 16.3. The Bertz CT molecular complexity index is 1150. The van der Waals surface area contributed by atoms with Crippen LogP contribution in [-0.2, 0) is 9.59 Å². The van der Waals surface area contributed by atoms with Gasteiger partial charge in [-0.05, 0) is 35.4 Å². The van der Waals surface area contributed by atoms with Gasteiger partial charge in [0, 0.05) is 29.5 Å². The molecule has 0 radical (unpaired) electrons. The van der Waals surface area contributed by atoms with Crippen molar-refractivity contribution in [2.45, 2.75) is 39.0 Å². The molecule has 3 aromatic rings. The van der Waals surface area contributed by atoms with E-state index in [4.69, 9.17) is 4.42 Å². The Labute approximate surface area is 169 Å². The molecule has 146 valence electrons. The Morgan fingerprint density at radius 2 is 1.76 bits per heavy atom. The number of carbonyl (C=O) groups is 2. The van der Waals surface area contributed by atoms with Crippen molar-refractivity contribution in [3.05, 3.63) is 77.9 Å². The second kappa shape index (κ2) is 6.45. The van der Waals surface area contributed by atoms with Gasteiger partial charge in [-0.1, -0.05) is 50.2 Å². The molecule has 0 saturated heterocycles. The monoisotopic (exact) mass is 385 g/mol. The van der Waals surface area contributed by atoms with E-state index in [0.717, 1.165) is 27.7 Å². The number of nitrogens with zero attached hydrogens (tertiary/aromatic N) is 1. The molecule has 2 heterocycles. The molecular formula is C25H23NO3. The van der Waals surface area contributed by atoms with Gasteiger partial charge in [-0.25, -0.2) is 0 Å². The number of rotatable bonds is 2. The molecule has 5 rings (SSSR count). The Kier molecular flexibility index (Phi) is 3.98. The highest BCUT2D eigenvalue weighted by molar-refractivity contribution is 6.11. The van der Waals surface area contributed by atoms with Gasteiger partial charge in [-0.15, -0.1) is 0 Å². The third-order valence-electron chi connectivity index (χ3n) is 6.04. The minimum atomic E-state index is -0.303. The average Bonchev–Trinajstić information content (AvgIpc) is 3.21. The van der Waals surface area contributed by atoms with Crippen molar-refractivity contribution in [1.29, 1.82) is 0 Å². The molecule has 0 spiro atoms. The van der Waals surface area contributed by atoms with Crippen molar-refractivity contribution in [2.75, 3.05) is 4.90 Å². The summed E-state index contributed by atoms with van der Waals surface area (Å²) in [6, 6.07) is 17.7. The molecule has 2 aliphatic rings. The lowest BCUT2D eigenvalue weighted by atomic mass is 9.70. The van der Waals surface area contributed by atoms with Crippen LogP contribution >= 0.6 is 0 Å².